The fraction of sp³-hybridized carbons (Fsp3) is 0.875. The van der Waals surface area contributed by atoms with Crippen LogP contribution in [0.3, 0.4) is 0 Å². The quantitative estimate of drug-likeness (QED) is 0.632. The minimum absolute atomic E-state index is 0.0674. The summed E-state index contributed by atoms with van der Waals surface area (Å²) in [6.07, 6.45) is 0.884. The average molecular weight is 154 g/mol. The van der Waals surface area contributed by atoms with Gasteiger partial charge in [-0.15, -0.1) is 0 Å². The molecule has 1 rings (SSSR count). The Bertz CT molecular complexity index is 158. The molecule has 1 fully saturated rings. The molecule has 0 amide bonds. The molecule has 1 aliphatic heterocycles. The largest absolute Gasteiger partial charge is 0.396 e. The summed E-state index contributed by atoms with van der Waals surface area (Å²) in [4.78, 5) is 2.11. The Hall–Kier alpha value is -0.590. The van der Waals surface area contributed by atoms with Crippen molar-refractivity contribution in [1.82, 2.24) is 4.90 Å². The van der Waals surface area contributed by atoms with Gasteiger partial charge in [0.1, 0.15) is 0 Å². The molecule has 0 bridgehead atoms. The van der Waals surface area contributed by atoms with E-state index in [1.165, 1.54) is 0 Å². The van der Waals surface area contributed by atoms with E-state index >= 15 is 0 Å². The molecule has 0 radical (unpaired) electrons. The number of rotatable bonds is 3. The van der Waals surface area contributed by atoms with Crippen LogP contribution in [0.15, 0.2) is 0 Å². The molecule has 3 heteroatoms. The van der Waals surface area contributed by atoms with Crippen LogP contribution in [0.25, 0.3) is 0 Å². The van der Waals surface area contributed by atoms with Crippen molar-refractivity contribution in [3.63, 3.8) is 0 Å². The number of hydrogen-bond donors (Lipinski definition) is 1. The zero-order chi connectivity index (χ0) is 8.27. The summed E-state index contributed by atoms with van der Waals surface area (Å²) in [6.45, 7) is 4.06. The standard InChI is InChI=1S/C8H14N2O/c1-2-8(3-9)10-4-7(5-10)6-11/h7-8,11H,2,4-6H2,1H3. The molecule has 0 aromatic heterocycles. The number of likely N-dealkylation sites (tertiary alicyclic amines) is 1. The molecule has 0 aliphatic carbocycles. The van der Waals surface area contributed by atoms with Crippen molar-refractivity contribution in [2.45, 2.75) is 19.4 Å². The zero-order valence-electron chi connectivity index (χ0n) is 6.82. The van der Waals surface area contributed by atoms with Crippen molar-refractivity contribution >= 4 is 0 Å². The SMILES string of the molecule is CCC(C#N)N1CC(CO)C1. The van der Waals surface area contributed by atoms with E-state index in [0.717, 1.165) is 19.5 Å². The normalized spacial score (nSPS) is 22.3. The van der Waals surface area contributed by atoms with Crippen molar-refractivity contribution in [3.8, 4) is 6.07 Å². The van der Waals surface area contributed by atoms with E-state index in [0.29, 0.717) is 5.92 Å². The summed E-state index contributed by atoms with van der Waals surface area (Å²) in [7, 11) is 0. The van der Waals surface area contributed by atoms with E-state index in [4.69, 9.17) is 10.4 Å². The van der Waals surface area contributed by atoms with E-state index in [1.807, 2.05) is 6.92 Å². The van der Waals surface area contributed by atoms with Gasteiger partial charge in [0.15, 0.2) is 0 Å². The van der Waals surface area contributed by atoms with Gasteiger partial charge in [0, 0.05) is 25.6 Å². The van der Waals surface area contributed by atoms with Crippen LogP contribution in [0.4, 0.5) is 0 Å². The predicted octanol–water partition coefficient (Wildman–Crippen LogP) is 0.213. The molecule has 62 valence electrons. The molecule has 1 saturated heterocycles. The van der Waals surface area contributed by atoms with Gasteiger partial charge in [-0.3, -0.25) is 4.90 Å². The van der Waals surface area contributed by atoms with Crippen LogP contribution in [-0.2, 0) is 0 Å². The summed E-state index contributed by atoms with van der Waals surface area (Å²) in [5.41, 5.74) is 0. The molecular formula is C8H14N2O. The molecule has 3 nitrogen and oxygen atoms in total. The lowest BCUT2D eigenvalue weighted by molar-refractivity contribution is 0.0349. The molecule has 11 heavy (non-hydrogen) atoms. The molecule has 0 spiro atoms. The third kappa shape index (κ3) is 1.70. The van der Waals surface area contributed by atoms with Gasteiger partial charge in [-0.2, -0.15) is 5.26 Å². The lowest BCUT2D eigenvalue weighted by atomic mass is 9.98. The molecule has 0 aromatic carbocycles. The van der Waals surface area contributed by atoms with E-state index in [9.17, 15) is 0 Å². The highest BCUT2D eigenvalue weighted by Gasteiger charge is 2.30. The van der Waals surface area contributed by atoms with Crippen molar-refractivity contribution in [2.75, 3.05) is 19.7 Å². The minimum atomic E-state index is 0.0674. The van der Waals surface area contributed by atoms with E-state index in [-0.39, 0.29) is 12.6 Å². The summed E-state index contributed by atoms with van der Waals surface area (Å²) in [5, 5.41) is 17.4. The van der Waals surface area contributed by atoms with Crippen molar-refractivity contribution < 1.29 is 5.11 Å². The summed E-state index contributed by atoms with van der Waals surface area (Å²) in [6, 6.07) is 2.31. The van der Waals surface area contributed by atoms with Crippen LogP contribution in [0.5, 0.6) is 0 Å². The van der Waals surface area contributed by atoms with Crippen LogP contribution in [-0.4, -0.2) is 35.7 Å². The van der Waals surface area contributed by atoms with E-state index < -0.39 is 0 Å². The minimum Gasteiger partial charge on any atom is -0.396 e. The van der Waals surface area contributed by atoms with Gasteiger partial charge in [0.2, 0.25) is 0 Å². The first-order valence-electron chi connectivity index (χ1n) is 4.06. The van der Waals surface area contributed by atoms with Gasteiger partial charge in [0.05, 0.1) is 12.1 Å². The Morgan fingerprint density at radius 3 is 2.73 bits per heavy atom. The van der Waals surface area contributed by atoms with Gasteiger partial charge < -0.3 is 5.11 Å². The Morgan fingerprint density at radius 1 is 1.73 bits per heavy atom. The Morgan fingerprint density at radius 2 is 2.36 bits per heavy atom. The van der Waals surface area contributed by atoms with E-state index in [1.54, 1.807) is 0 Å². The highest BCUT2D eigenvalue weighted by atomic mass is 16.3. The first-order valence-corrected chi connectivity index (χ1v) is 4.06. The van der Waals surface area contributed by atoms with Crippen LogP contribution < -0.4 is 0 Å². The number of aliphatic hydroxyl groups excluding tert-OH is 1. The summed E-state index contributed by atoms with van der Waals surface area (Å²) >= 11 is 0. The third-order valence-corrected chi connectivity index (χ3v) is 2.22. The molecule has 0 saturated carbocycles. The van der Waals surface area contributed by atoms with Gasteiger partial charge in [0.25, 0.3) is 0 Å². The molecule has 1 atom stereocenters. The van der Waals surface area contributed by atoms with Crippen LogP contribution in [0.1, 0.15) is 13.3 Å². The predicted molar refractivity (Wildman–Crippen MR) is 41.8 cm³/mol. The number of aliphatic hydroxyl groups is 1. The second-order valence-corrected chi connectivity index (χ2v) is 3.06. The number of nitriles is 1. The Labute approximate surface area is 67.2 Å². The van der Waals surface area contributed by atoms with Gasteiger partial charge in [-0.25, -0.2) is 0 Å². The number of nitrogens with zero attached hydrogens (tertiary/aromatic N) is 2. The lowest BCUT2D eigenvalue weighted by Gasteiger charge is -2.40. The zero-order valence-corrected chi connectivity index (χ0v) is 6.82. The van der Waals surface area contributed by atoms with Crippen LogP contribution >= 0.6 is 0 Å². The van der Waals surface area contributed by atoms with Crippen LogP contribution in [0, 0.1) is 17.2 Å². The lowest BCUT2D eigenvalue weighted by Crippen LogP contribution is -2.52. The maximum atomic E-state index is 8.72. The maximum Gasteiger partial charge on any atom is 0.0975 e. The highest BCUT2D eigenvalue weighted by Crippen LogP contribution is 2.18. The first-order chi connectivity index (χ1) is 5.31. The monoisotopic (exact) mass is 154 g/mol. The van der Waals surface area contributed by atoms with Gasteiger partial charge in [-0.05, 0) is 6.42 Å². The summed E-state index contributed by atoms with van der Waals surface area (Å²) in [5.74, 6) is 0.414. The third-order valence-electron chi connectivity index (χ3n) is 2.22. The van der Waals surface area contributed by atoms with Gasteiger partial charge >= 0.3 is 0 Å². The van der Waals surface area contributed by atoms with Crippen molar-refractivity contribution in [1.29, 1.82) is 5.26 Å². The molecule has 1 N–H and O–H groups in total. The molecule has 0 aromatic rings. The molecule has 1 unspecified atom stereocenters. The maximum absolute atomic E-state index is 8.72. The van der Waals surface area contributed by atoms with Crippen LogP contribution in [0.2, 0.25) is 0 Å². The number of hydrogen-bond acceptors (Lipinski definition) is 3. The Balaban J connectivity index is 2.26. The second-order valence-electron chi connectivity index (χ2n) is 3.06. The Kier molecular flexibility index (Phi) is 2.86. The average Bonchev–Trinajstić information content (AvgIpc) is 1.95. The second kappa shape index (κ2) is 3.70. The van der Waals surface area contributed by atoms with Crippen molar-refractivity contribution in [3.05, 3.63) is 0 Å². The van der Waals surface area contributed by atoms with Gasteiger partial charge in [-0.1, -0.05) is 6.92 Å². The highest BCUT2D eigenvalue weighted by molar-refractivity contribution is 4.96. The smallest absolute Gasteiger partial charge is 0.0975 e. The molecular weight excluding hydrogens is 140 g/mol. The topological polar surface area (TPSA) is 47.3 Å². The fourth-order valence-electron chi connectivity index (χ4n) is 1.41. The van der Waals surface area contributed by atoms with Crippen molar-refractivity contribution in [2.24, 2.45) is 5.92 Å². The molecule has 1 heterocycles. The summed E-state index contributed by atoms with van der Waals surface area (Å²) < 4.78 is 0. The fourth-order valence-corrected chi connectivity index (χ4v) is 1.41. The molecule has 1 aliphatic rings. The first kappa shape index (κ1) is 8.51. The van der Waals surface area contributed by atoms with E-state index in [2.05, 4.69) is 11.0 Å².